The van der Waals surface area contributed by atoms with Gasteiger partial charge in [-0.25, -0.2) is 4.98 Å². The molecule has 0 radical (unpaired) electrons. The number of rotatable bonds is 7. The number of carbonyl (C=O) groups is 1. The summed E-state index contributed by atoms with van der Waals surface area (Å²) in [6.07, 6.45) is 0.888. The fourth-order valence-electron chi connectivity index (χ4n) is 2.57. The van der Waals surface area contributed by atoms with Crippen molar-refractivity contribution in [1.29, 1.82) is 0 Å². The second-order valence-corrected chi connectivity index (χ2v) is 6.53. The summed E-state index contributed by atoms with van der Waals surface area (Å²) in [5.41, 5.74) is 7.44. The van der Waals surface area contributed by atoms with Crippen LogP contribution >= 0.6 is 0 Å². The summed E-state index contributed by atoms with van der Waals surface area (Å²) in [6.45, 7) is 9.43. The molecule has 0 saturated carbocycles. The summed E-state index contributed by atoms with van der Waals surface area (Å²) in [4.78, 5) is 18.6. The summed E-state index contributed by atoms with van der Waals surface area (Å²) in [6, 6.07) is 5.66. The van der Waals surface area contributed by atoms with Crippen LogP contribution in [0, 0.1) is 0 Å². The van der Waals surface area contributed by atoms with Crippen molar-refractivity contribution in [3.8, 4) is 5.75 Å². The molecular formula is C18H28N4O2. The lowest BCUT2D eigenvalue weighted by Gasteiger charge is -2.34. The molecule has 1 aromatic heterocycles. The molecule has 6 heteroatoms. The minimum absolute atomic E-state index is 0.0233. The van der Waals surface area contributed by atoms with Crippen LogP contribution in [0.5, 0.6) is 5.75 Å². The molecule has 2 aromatic rings. The van der Waals surface area contributed by atoms with Crippen LogP contribution in [0.2, 0.25) is 0 Å². The Morgan fingerprint density at radius 3 is 2.67 bits per heavy atom. The van der Waals surface area contributed by atoms with Crippen LogP contribution in [0.4, 0.5) is 0 Å². The van der Waals surface area contributed by atoms with Crippen LogP contribution in [-0.2, 0) is 17.9 Å². The first kappa shape index (κ1) is 18.3. The Morgan fingerprint density at radius 2 is 2.08 bits per heavy atom. The summed E-state index contributed by atoms with van der Waals surface area (Å²) in [5.74, 6) is 1.48. The molecule has 0 aliphatic heterocycles. The fourth-order valence-corrected chi connectivity index (χ4v) is 2.57. The molecule has 0 spiro atoms. The monoisotopic (exact) mass is 332 g/mol. The molecule has 6 nitrogen and oxygen atoms in total. The van der Waals surface area contributed by atoms with Crippen LogP contribution in [0.3, 0.4) is 0 Å². The van der Waals surface area contributed by atoms with Crippen molar-refractivity contribution in [2.45, 2.75) is 52.7 Å². The van der Waals surface area contributed by atoms with Gasteiger partial charge in [-0.3, -0.25) is 4.79 Å². The highest BCUT2D eigenvalue weighted by Crippen LogP contribution is 2.23. The van der Waals surface area contributed by atoms with Gasteiger partial charge in [-0.05, 0) is 39.3 Å². The van der Waals surface area contributed by atoms with E-state index in [1.54, 1.807) is 4.90 Å². The van der Waals surface area contributed by atoms with Crippen molar-refractivity contribution in [2.24, 2.45) is 5.73 Å². The number of fused-ring (bicyclic) bond motifs is 1. The molecule has 1 heterocycles. The van der Waals surface area contributed by atoms with Crippen LogP contribution in [0.25, 0.3) is 11.0 Å². The summed E-state index contributed by atoms with van der Waals surface area (Å²) in [7, 11) is 1.82. The third-order valence-corrected chi connectivity index (χ3v) is 4.81. The normalized spacial score (nSPS) is 11.8. The van der Waals surface area contributed by atoms with Gasteiger partial charge >= 0.3 is 0 Å². The average Bonchev–Trinajstić information content (AvgIpc) is 2.95. The van der Waals surface area contributed by atoms with Gasteiger partial charge in [0.2, 0.25) is 0 Å². The van der Waals surface area contributed by atoms with Gasteiger partial charge in [0.15, 0.2) is 6.61 Å². The van der Waals surface area contributed by atoms with Gasteiger partial charge in [0.25, 0.3) is 5.91 Å². The number of hydrogen-bond donors (Lipinski definition) is 1. The molecular weight excluding hydrogens is 304 g/mol. The molecule has 0 saturated heterocycles. The second kappa shape index (κ2) is 7.21. The molecule has 0 unspecified atom stereocenters. The summed E-state index contributed by atoms with van der Waals surface area (Å²) < 4.78 is 7.78. The first-order valence-electron chi connectivity index (χ1n) is 8.42. The maximum Gasteiger partial charge on any atom is 0.260 e. The smallest absolute Gasteiger partial charge is 0.260 e. The van der Waals surface area contributed by atoms with Crippen LogP contribution in [-0.4, -0.2) is 39.6 Å². The Balaban J connectivity index is 2.15. The molecule has 2 rings (SSSR count). The maximum absolute atomic E-state index is 12.3. The molecule has 1 aromatic carbocycles. The van der Waals surface area contributed by atoms with E-state index in [0.29, 0.717) is 12.3 Å². The first-order chi connectivity index (χ1) is 11.3. The van der Waals surface area contributed by atoms with Gasteiger partial charge in [0, 0.05) is 25.2 Å². The minimum atomic E-state index is -0.179. The number of aryl methyl sites for hydroxylation is 1. The zero-order chi connectivity index (χ0) is 17.9. The molecule has 2 N–H and O–H groups in total. The molecule has 0 fully saturated rings. The quantitative estimate of drug-likeness (QED) is 0.845. The Labute approximate surface area is 143 Å². The Kier molecular flexibility index (Phi) is 5.49. The number of amides is 1. The molecule has 1 amide bonds. The average molecular weight is 332 g/mol. The van der Waals surface area contributed by atoms with Crippen molar-refractivity contribution in [3.63, 3.8) is 0 Å². The predicted molar refractivity (Wildman–Crippen MR) is 95.9 cm³/mol. The van der Waals surface area contributed by atoms with Crippen molar-refractivity contribution in [3.05, 3.63) is 24.0 Å². The highest BCUT2D eigenvalue weighted by atomic mass is 16.5. The molecule has 0 atom stereocenters. The lowest BCUT2D eigenvalue weighted by molar-refractivity contribution is -0.136. The number of benzene rings is 1. The summed E-state index contributed by atoms with van der Waals surface area (Å²) in [5, 5.41) is 0. The first-order valence-corrected chi connectivity index (χ1v) is 8.42. The van der Waals surface area contributed by atoms with E-state index in [4.69, 9.17) is 10.5 Å². The Hall–Kier alpha value is -2.08. The van der Waals surface area contributed by atoms with Gasteiger partial charge < -0.3 is 19.9 Å². The number of nitrogens with two attached hydrogens (primary N) is 1. The van der Waals surface area contributed by atoms with E-state index in [2.05, 4.69) is 23.4 Å². The zero-order valence-electron chi connectivity index (χ0n) is 15.3. The van der Waals surface area contributed by atoms with E-state index in [1.807, 2.05) is 39.1 Å². The number of carbonyl (C=O) groups excluding carboxylic acids is 1. The number of likely N-dealkylation sites (N-methyl/N-ethyl adjacent to an activating group) is 1. The topological polar surface area (TPSA) is 73.4 Å². The van der Waals surface area contributed by atoms with Gasteiger partial charge in [-0.15, -0.1) is 0 Å². The van der Waals surface area contributed by atoms with E-state index >= 15 is 0 Å². The van der Waals surface area contributed by atoms with E-state index in [9.17, 15) is 4.79 Å². The number of ether oxygens (including phenoxy) is 1. The van der Waals surface area contributed by atoms with E-state index < -0.39 is 0 Å². The standard InChI is InChI=1S/C18H28N4O2/c1-6-18(3,4)21(5)17(23)12-24-13-8-9-14-15(10-13)22(7-2)16(11-19)20-14/h8-10H,6-7,11-12,19H2,1-5H3. The molecule has 0 bridgehead atoms. The van der Waals surface area contributed by atoms with E-state index in [1.165, 1.54) is 0 Å². The second-order valence-electron chi connectivity index (χ2n) is 6.53. The van der Waals surface area contributed by atoms with Crippen molar-refractivity contribution in [1.82, 2.24) is 14.5 Å². The van der Waals surface area contributed by atoms with Crippen molar-refractivity contribution >= 4 is 16.9 Å². The maximum atomic E-state index is 12.3. The highest BCUT2D eigenvalue weighted by molar-refractivity contribution is 5.79. The van der Waals surface area contributed by atoms with Crippen LogP contribution in [0.1, 0.15) is 39.9 Å². The number of hydrogen-bond acceptors (Lipinski definition) is 4. The van der Waals surface area contributed by atoms with Crippen LogP contribution < -0.4 is 10.5 Å². The number of nitrogens with zero attached hydrogens (tertiary/aromatic N) is 3. The minimum Gasteiger partial charge on any atom is -0.484 e. The van der Waals surface area contributed by atoms with Gasteiger partial charge in [0.1, 0.15) is 11.6 Å². The Morgan fingerprint density at radius 1 is 1.38 bits per heavy atom. The van der Waals surface area contributed by atoms with Gasteiger partial charge in [-0.2, -0.15) is 0 Å². The molecule has 0 aliphatic carbocycles. The number of aromatic nitrogens is 2. The van der Waals surface area contributed by atoms with Gasteiger partial charge in [-0.1, -0.05) is 6.92 Å². The van der Waals surface area contributed by atoms with E-state index in [0.717, 1.165) is 29.8 Å². The highest BCUT2D eigenvalue weighted by Gasteiger charge is 2.25. The lowest BCUT2D eigenvalue weighted by atomic mass is 10.00. The Bertz CT molecular complexity index is 721. The molecule has 24 heavy (non-hydrogen) atoms. The third-order valence-electron chi connectivity index (χ3n) is 4.81. The van der Waals surface area contributed by atoms with Gasteiger partial charge in [0.05, 0.1) is 17.6 Å². The third kappa shape index (κ3) is 3.53. The SMILES string of the molecule is CCn1c(CN)nc2ccc(OCC(=O)N(C)C(C)(C)CC)cc21. The largest absolute Gasteiger partial charge is 0.484 e. The lowest BCUT2D eigenvalue weighted by Crippen LogP contribution is -2.46. The summed E-state index contributed by atoms with van der Waals surface area (Å²) >= 11 is 0. The van der Waals surface area contributed by atoms with Crippen molar-refractivity contribution < 1.29 is 9.53 Å². The molecule has 132 valence electrons. The predicted octanol–water partition coefficient (Wildman–Crippen LogP) is 2.54. The fraction of sp³-hybridized carbons (Fsp3) is 0.556. The molecule has 0 aliphatic rings. The van der Waals surface area contributed by atoms with Crippen LogP contribution in [0.15, 0.2) is 18.2 Å². The van der Waals surface area contributed by atoms with E-state index in [-0.39, 0.29) is 18.1 Å². The zero-order valence-corrected chi connectivity index (χ0v) is 15.3. The van der Waals surface area contributed by atoms with Crippen molar-refractivity contribution in [2.75, 3.05) is 13.7 Å². The number of imidazole rings is 1.